The van der Waals surface area contributed by atoms with Gasteiger partial charge >= 0.3 is 6.03 Å². The molecule has 0 atom stereocenters. The number of urea groups is 1. The lowest BCUT2D eigenvalue weighted by atomic mass is 10.2. The summed E-state index contributed by atoms with van der Waals surface area (Å²) in [6, 6.07) is 6.13. The van der Waals surface area contributed by atoms with Crippen LogP contribution < -0.4 is 5.43 Å². The maximum Gasteiger partial charge on any atom is 0.362 e. The van der Waals surface area contributed by atoms with Gasteiger partial charge in [0.25, 0.3) is 0 Å². The van der Waals surface area contributed by atoms with Gasteiger partial charge in [-0.05, 0) is 24.1 Å². The summed E-state index contributed by atoms with van der Waals surface area (Å²) in [4.78, 5) is 11.6. The predicted octanol–water partition coefficient (Wildman–Crippen LogP) is 2.36. The number of hydrogen-bond donors (Lipinski definition) is 1. The third kappa shape index (κ3) is 3.08. The summed E-state index contributed by atoms with van der Waals surface area (Å²) < 4.78 is 13.6. The first-order valence-corrected chi connectivity index (χ1v) is 5.77. The zero-order chi connectivity index (χ0) is 12.3. The second-order valence-electron chi connectivity index (χ2n) is 3.85. The van der Waals surface area contributed by atoms with Gasteiger partial charge in [-0.15, -0.1) is 0 Å². The molecule has 1 aromatic carbocycles. The van der Waals surface area contributed by atoms with Crippen LogP contribution in [0.5, 0.6) is 0 Å². The van der Waals surface area contributed by atoms with E-state index in [0.29, 0.717) is 23.7 Å². The molecular weight excluding hydrogens is 245 g/mol. The molecule has 2 amide bonds. The first kappa shape index (κ1) is 12.1. The van der Waals surface area contributed by atoms with Crippen LogP contribution in [0.15, 0.2) is 24.3 Å². The fourth-order valence-electron chi connectivity index (χ4n) is 1.69. The molecule has 2 rings (SSSR count). The van der Waals surface area contributed by atoms with Gasteiger partial charge in [-0.3, -0.25) is 5.01 Å². The summed E-state index contributed by atoms with van der Waals surface area (Å²) >= 11 is 5.79. The highest BCUT2D eigenvalue weighted by Crippen LogP contribution is 2.14. The average molecular weight is 258 g/mol. The fourth-order valence-corrected chi connectivity index (χ4v) is 1.90. The van der Waals surface area contributed by atoms with Crippen molar-refractivity contribution in [1.29, 1.82) is 0 Å². The molecule has 0 saturated carbocycles. The summed E-state index contributed by atoms with van der Waals surface area (Å²) in [5.41, 5.74) is 3.47. The quantitative estimate of drug-likeness (QED) is 0.826. The smallest absolute Gasteiger partial charge is 0.258 e. The van der Waals surface area contributed by atoms with Gasteiger partial charge in [0, 0.05) is 18.1 Å². The van der Waals surface area contributed by atoms with Crippen LogP contribution in [0.3, 0.4) is 0 Å². The standard InChI is InChI=1S/C11H13ClFN3O/c12-10-4-1-3-9(7-10)8-15(13)11(17)16-6-2-5-14-16/h1,3-4,7,14H,2,5-6,8H2. The molecule has 0 unspecified atom stereocenters. The minimum absolute atomic E-state index is 0.0996. The van der Waals surface area contributed by atoms with Crippen molar-refractivity contribution in [3.63, 3.8) is 0 Å². The number of benzene rings is 1. The van der Waals surface area contributed by atoms with Crippen molar-refractivity contribution in [2.75, 3.05) is 13.1 Å². The number of rotatable bonds is 2. The van der Waals surface area contributed by atoms with Crippen LogP contribution in [0.4, 0.5) is 9.28 Å². The Morgan fingerprint density at radius 2 is 2.41 bits per heavy atom. The first-order valence-electron chi connectivity index (χ1n) is 5.39. The molecular formula is C11H13ClFN3O. The number of carbonyl (C=O) groups is 1. The Balaban J connectivity index is 1.96. The predicted molar refractivity (Wildman–Crippen MR) is 62.8 cm³/mol. The molecule has 0 bridgehead atoms. The van der Waals surface area contributed by atoms with Crippen LogP contribution in [-0.4, -0.2) is 29.3 Å². The van der Waals surface area contributed by atoms with Crippen molar-refractivity contribution in [3.8, 4) is 0 Å². The van der Waals surface area contributed by atoms with Gasteiger partial charge in [-0.1, -0.05) is 28.2 Å². The summed E-state index contributed by atoms with van der Waals surface area (Å²) in [5, 5.41) is 2.00. The van der Waals surface area contributed by atoms with Gasteiger partial charge in [0.1, 0.15) is 0 Å². The Morgan fingerprint density at radius 3 is 3.06 bits per heavy atom. The van der Waals surface area contributed by atoms with Crippen LogP contribution in [0.25, 0.3) is 0 Å². The number of amides is 2. The molecule has 1 fully saturated rings. The van der Waals surface area contributed by atoms with Crippen LogP contribution >= 0.6 is 11.6 Å². The average Bonchev–Trinajstić information content (AvgIpc) is 2.81. The Bertz CT molecular complexity index is 409. The van der Waals surface area contributed by atoms with Crippen LogP contribution in [-0.2, 0) is 6.54 Å². The second kappa shape index (κ2) is 5.33. The molecule has 1 aromatic rings. The molecule has 1 saturated heterocycles. The minimum Gasteiger partial charge on any atom is -0.258 e. The Kier molecular flexibility index (Phi) is 3.81. The maximum atomic E-state index is 13.6. The highest BCUT2D eigenvalue weighted by Gasteiger charge is 2.23. The summed E-state index contributed by atoms with van der Waals surface area (Å²) in [5.74, 6) is 0. The minimum atomic E-state index is -0.664. The van der Waals surface area contributed by atoms with Crippen molar-refractivity contribution < 1.29 is 9.28 Å². The van der Waals surface area contributed by atoms with E-state index in [4.69, 9.17) is 11.6 Å². The lowest BCUT2D eigenvalue weighted by Gasteiger charge is -2.20. The summed E-state index contributed by atoms with van der Waals surface area (Å²) in [6.07, 6.45) is 0.844. The first-order chi connectivity index (χ1) is 8.16. The second-order valence-corrected chi connectivity index (χ2v) is 4.28. The van der Waals surface area contributed by atoms with E-state index in [2.05, 4.69) is 5.43 Å². The molecule has 1 heterocycles. The van der Waals surface area contributed by atoms with E-state index in [0.717, 1.165) is 6.42 Å². The lowest BCUT2D eigenvalue weighted by Crippen LogP contribution is -2.43. The number of nitrogens with zero attached hydrogens (tertiary/aromatic N) is 2. The van der Waals surface area contributed by atoms with E-state index in [1.165, 1.54) is 5.01 Å². The number of carbonyl (C=O) groups excluding carboxylic acids is 1. The molecule has 0 aliphatic carbocycles. The van der Waals surface area contributed by atoms with Crippen molar-refractivity contribution in [3.05, 3.63) is 34.9 Å². The molecule has 92 valence electrons. The van der Waals surface area contributed by atoms with E-state index < -0.39 is 6.03 Å². The van der Waals surface area contributed by atoms with Gasteiger partial charge in [-0.2, -0.15) is 5.12 Å². The largest absolute Gasteiger partial charge is 0.362 e. The molecule has 0 radical (unpaired) electrons. The van der Waals surface area contributed by atoms with E-state index in [9.17, 15) is 9.28 Å². The van der Waals surface area contributed by atoms with Crippen molar-refractivity contribution in [2.45, 2.75) is 13.0 Å². The fraction of sp³-hybridized carbons (Fsp3) is 0.364. The Labute approximate surface area is 104 Å². The van der Waals surface area contributed by atoms with Gasteiger partial charge in [0.05, 0.1) is 6.54 Å². The SMILES string of the molecule is O=C(N(F)Cc1cccc(Cl)c1)N1CCCN1. The number of hydrazine groups is 1. The van der Waals surface area contributed by atoms with Crippen molar-refractivity contribution >= 4 is 17.6 Å². The monoisotopic (exact) mass is 257 g/mol. The van der Waals surface area contributed by atoms with Gasteiger partial charge in [-0.25, -0.2) is 10.2 Å². The molecule has 17 heavy (non-hydrogen) atoms. The van der Waals surface area contributed by atoms with Crippen LogP contribution in [0, 0.1) is 0 Å². The van der Waals surface area contributed by atoms with E-state index in [-0.39, 0.29) is 11.7 Å². The van der Waals surface area contributed by atoms with Crippen LogP contribution in [0.2, 0.25) is 5.02 Å². The number of halogens is 2. The molecule has 1 aliphatic heterocycles. The van der Waals surface area contributed by atoms with Crippen LogP contribution in [0.1, 0.15) is 12.0 Å². The molecule has 4 nitrogen and oxygen atoms in total. The number of nitrogens with one attached hydrogen (secondary N) is 1. The van der Waals surface area contributed by atoms with E-state index >= 15 is 0 Å². The summed E-state index contributed by atoms with van der Waals surface area (Å²) in [6.45, 7) is 1.14. The Morgan fingerprint density at radius 1 is 1.59 bits per heavy atom. The maximum absolute atomic E-state index is 13.6. The zero-order valence-electron chi connectivity index (χ0n) is 9.20. The molecule has 1 N–H and O–H groups in total. The third-order valence-corrected chi connectivity index (χ3v) is 2.75. The highest BCUT2D eigenvalue weighted by atomic mass is 35.5. The zero-order valence-corrected chi connectivity index (χ0v) is 9.95. The van der Waals surface area contributed by atoms with Gasteiger partial charge in [0.15, 0.2) is 0 Å². The molecule has 0 aromatic heterocycles. The van der Waals surface area contributed by atoms with Crippen molar-refractivity contribution in [1.82, 2.24) is 15.6 Å². The molecule has 1 aliphatic rings. The van der Waals surface area contributed by atoms with E-state index in [1.807, 2.05) is 0 Å². The topological polar surface area (TPSA) is 35.6 Å². The number of hydrogen-bond acceptors (Lipinski definition) is 2. The molecule has 0 spiro atoms. The summed E-state index contributed by atoms with van der Waals surface area (Å²) in [7, 11) is 0. The normalized spacial score (nSPS) is 15.1. The van der Waals surface area contributed by atoms with Gasteiger partial charge in [0.2, 0.25) is 0 Å². The lowest BCUT2D eigenvalue weighted by molar-refractivity contribution is 0.0305. The molecule has 6 heteroatoms. The highest BCUT2D eigenvalue weighted by molar-refractivity contribution is 6.30. The Hall–Kier alpha value is -1.33. The third-order valence-electron chi connectivity index (χ3n) is 2.51. The van der Waals surface area contributed by atoms with Gasteiger partial charge < -0.3 is 0 Å². The van der Waals surface area contributed by atoms with Crippen molar-refractivity contribution in [2.24, 2.45) is 0 Å². The van der Waals surface area contributed by atoms with E-state index in [1.54, 1.807) is 24.3 Å².